The number of unbranched alkanes of at least 4 members (excludes halogenated alkanes) is 15. The van der Waals surface area contributed by atoms with Crippen LogP contribution in [0.5, 0.6) is 0 Å². The van der Waals surface area contributed by atoms with Gasteiger partial charge in [0.2, 0.25) is 0 Å². The quantitative estimate of drug-likeness (QED) is 0.134. The highest BCUT2D eigenvalue weighted by molar-refractivity contribution is 4.51. The standard InChI is InChI=1S/C26H57N2/c1-6-8-9-10-11-13-16-19-22-25-28(4,5)26-23-20-17-14-12-15-18-21-24-27(3)7-2/h6-26H2,1-5H3/q+1. The highest BCUT2D eigenvalue weighted by Gasteiger charge is 2.13. The van der Waals surface area contributed by atoms with E-state index in [4.69, 9.17) is 0 Å². The Kier molecular flexibility index (Phi) is 20.1. The first kappa shape index (κ1) is 27.9. The summed E-state index contributed by atoms with van der Waals surface area (Å²) in [5.74, 6) is 0. The Balaban J connectivity index is 3.34. The van der Waals surface area contributed by atoms with Crippen LogP contribution in [-0.2, 0) is 0 Å². The van der Waals surface area contributed by atoms with Crippen LogP contribution in [0.2, 0.25) is 0 Å². The molecule has 0 aliphatic carbocycles. The lowest BCUT2D eigenvalue weighted by atomic mass is 10.1. The summed E-state index contributed by atoms with van der Waals surface area (Å²) in [6, 6.07) is 0. The Morgan fingerprint density at radius 3 is 1.25 bits per heavy atom. The third-order valence-corrected chi connectivity index (χ3v) is 6.46. The monoisotopic (exact) mass is 397 g/mol. The van der Waals surface area contributed by atoms with E-state index in [0.717, 1.165) is 0 Å². The van der Waals surface area contributed by atoms with Gasteiger partial charge in [0.15, 0.2) is 0 Å². The van der Waals surface area contributed by atoms with Crippen molar-refractivity contribution in [3.8, 4) is 0 Å². The zero-order valence-corrected chi connectivity index (χ0v) is 20.7. The third-order valence-electron chi connectivity index (χ3n) is 6.46. The van der Waals surface area contributed by atoms with Crippen LogP contribution in [0.3, 0.4) is 0 Å². The van der Waals surface area contributed by atoms with Crippen molar-refractivity contribution in [2.75, 3.05) is 47.3 Å². The lowest BCUT2D eigenvalue weighted by Gasteiger charge is -2.30. The summed E-state index contributed by atoms with van der Waals surface area (Å²) < 4.78 is 1.24. The van der Waals surface area contributed by atoms with Gasteiger partial charge in [-0.15, -0.1) is 0 Å². The van der Waals surface area contributed by atoms with Crippen molar-refractivity contribution in [1.82, 2.24) is 4.90 Å². The molecule has 0 aromatic rings. The van der Waals surface area contributed by atoms with Crippen molar-refractivity contribution in [2.24, 2.45) is 0 Å². The average Bonchev–Trinajstić information content (AvgIpc) is 2.67. The largest absolute Gasteiger partial charge is 0.328 e. The van der Waals surface area contributed by atoms with Crippen molar-refractivity contribution >= 4 is 0 Å². The average molecular weight is 398 g/mol. The molecule has 0 rings (SSSR count). The molecule has 0 aliphatic heterocycles. The van der Waals surface area contributed by atoms with Gasteiger partial charge in [0, 0.05) is 0 Å². The molecule has 0 unspecified atom stereocenters. The first-order chi connectivity index (χ1) is 13.5. The van der Waals surface area contributed by atoms with E-state index in [2.05, 4.69) is 39.9 Å². The molecule has 0 N–H and O–H groups in total. The van der Waals surface area contributed by atoms with Gasteiger partial charge in [-0.3, -0.25) is 0 Å². The SMILES string of the molecule is CCCCCCCCCCC[N+](C)(C)CCCCCCCCCCN(C)CC. The van der Waals surface area contributed by atoms with Gasteiger partial charge in [0.25, 0.3) is 0 Å². The highest BCUT2D eigenvalue weighted by Crippen LogP contribution is 2.13. The van der Waals surface area contributed by atoms with Crippen LogP contribution in [0.4, 0.5) is 0 Å². The molecule has 0 heterocycles. The zero-order valence-electron chi connectivity index (χ0n) is 20.7. The van der Waals surface area contributed by atoms with E-state index >= 15 is 0 Å². The summed E-state index contributed by atoms with van der Waals surface area (Å²) in [6.45, 7) is 9.77. The number of nitrogens with zero attached hydrogens (tertiary/aromatic N) is 2. The van der Waals surface area contributed by atoms with Crippen LogP contribution in [-0.4, -0.2) is 56.7 Å². The maximum absolute atomic E-state index is 2.44. The molecule has 2 heteroatoms. The molecule has 0 radical (unpaired) electrons. The van der Waals surface area contributed by atoms with Gasteiger partial charge in [0.05, 0.1) is 27.2 Å². The fourth-order valence-electron chi connectivity index (χ4n) is 4.10. The Hall–Kier alpha value is -0.0800. The summed E-state index contributed by atoms with van der Waals surface area (Å²) in [6.07, 6.45) is 24.5. The molecule has 0 saturated heterocycles. The third kappa shape index (κ3) is 20.6. The van der Waals surface area contributed by atoms with E-state index < -0.39 is 0 Å². The van der Waals surface area contributed by atoms with E-state index in [1.165, 1.54) is 140 Å². The summed E-state index contributed by atoms with van der Waals surface area (Å²) in [5.41, 5.74) is 0. The molecule has 0 bridgehead atoms. The Labute approximate surface area is 180 Å². The van der Waals surface area contributed by atoms with Crippen molar-refractivity contribution in [3.05, 3.63) is 0 Å². The van der Waals surface area contributed by atoms with Gasteiger partial charge >= 0.3 is 0 Å². The normalized spacial score (nSPS) is 12.2. The van der Waals surface area contributed by atoms with Crippen LogP contribution in [0.1, 0.15) is 123 Å². The molecule has 2 nitrogen and oxygen atoms in total. The van der Waals surface area contributed by atoms with Gasteiger partial charge in [-0.1, -0.05) is 90.9 Å². The molecule has 0 fully saturated rings. The molecule has 0 aliphatic rings. The lowest BCUT2D eigenvalue weighted by molar-refractivity contribution is -0.890. The number of hydrogen-bond donors (Lipinski definition) is 0. The van der Waals surface area contributed by atoms with Gasteiger partial charge in [-0.25, -0.2) is 0 Å². The van der Waals surface area contributed by atoms with Crippen LogP contribution in [0.25, 0.3) is 0 Å². The maximum atomic E-state index is 2.44. The number of rotatable bonds is 22. The Morgan fingerprint density at radius 1 is 0.500 bits per heavy atom. The molecule has 0 aromatic heterocycles. The summed E-state index contributed by atoms with van der Waals surface area (Å²) >= 11 is 0. The van der Waals surface area contributed by atoms with Crippen molar-refractivity contribution in [2.45, 2.75) is 123 Å². The number of hydrogen-bond acceptors (Lipinski definition) is 1. The minimum absolute atomic E-state index is 1.19. The van der Waals surface area contributed by atoms with E-state index in [-0.39, 0.29) is 0 Å². The fraction of sp³-hybridized carbons (Fsp3) is 1.00. The smallest absolute Gasteiger partial charge is 0.0782 e. The number of quaternary nitrogens is 1. The van der Waals surface area contributed by atoms with Crippen LogP contribution < -0.4 is 0 Å². The van der Waals surface area contributed by atoms with Crippen LogP contribution in [0, 0.1) is 0 Å². The molecule has 170 valence electrons. The maximum Gasteiger partial charge on any atom is 0.0782 e. The predicted molar refractivity (Wildman–Crippen MR) is 129 cm³/mol. The molecule has 0 spiro atoms. The predicted octanol–water partition coefficient (Wildman–Crippen LogP) is 7.67. The first-order valence-corrected chi connectivity index (χ1v) is 13.0. The lowest BCUT2D eigenvalue weighted by Crippen LogP contribution is -2.41. The van der Waals surface area contributed by atoms with Gasteiger partial charge in [0.1, 0.15) is 0 Å². The molecule has 0 atom stereocenters. The second kappa shape index (κ2) is 20.2. The summed E-state index contributed by atoms with van der Waals surface area (Å²) in [4.78, 5) is 2.43. The fourth-order valence-corrected chi connectivity index (χ4v) is 4.10. The minimum atomic E-state index is 1.19. The summed E-state index contributed by atoms with van der Waals surface area (Å²) in [5, 5.41) is 0. The van der Waals surface area contributed by atoms with Crippen molar-refractivity contribution in [1.29, 1.82) is 0 Å². The second-order valence-corrected chi connectivity index (χ2v) is 9.94. The summed E-state index contributed by atoms with van der Waals surface area (Å²) in [7, 11) is 7.12. The van der Waals surface area contributed by atoms with E-state index in [0.29, 0.717) is 0 Å². The minimum Gasteiger partial charge on any atom is -0.328 e. The van der Waals surface area contributed by atoms with Gasteiger partial charge in [-0.2, -0.15) is 0 Å². The van der Waals surface area contributed by atoms with Crippen molar-refractivity contribution in [3.63, 3.8) is 0 Å². The molecule has 28 heavy (non-hydrogen) atoms. The Bertz CT molecular complexity index is 301. The molecule has 0 saturated carbocycles. The van der Waals surface area contributed by atoms with Crippen LogP contribution in [0.15, 0.2) is 0 Å². The first-order valence-electron chi connectivity index (χ1n) is 13.0. The molecule has 0 aromatic carbocycles. The van der Waals surface area contributed by atoms with Gasteiger partial charge in [-0.05, 0) is 52.2 Å². The second-order valence-electron chi connectivity index (χ2n) is 9.94. The van der Waals surface area contributed by atoms with Crippen molar-refractivity contribution < 1.29 is 4.48 Å². The zero-order chi connectivity index (χ0) is 20.9. The van der Waals surface area contributed by atoms with Crippen LogP contribution >= 0.6 is 0 Å². The highest BCUT2D eigenvalue weighted by atomic mass is 15.3. The van der Waals surface area contributed by atoms with Gasteiger partial charge < -0.3 is 9.38 Å². The van der Waals surface area contributed by atoms with E-state index in [1.807, 2.05) is 0 Å². The molecular weight excluding hydrogens is 340 g/mol. The molecule has 0 amide bonds. The Morgan fingerprint density at radius 2 is 0.857 bits per heavy atom. The van der Waals surface area contributed by atoms with E-state index in [9.17, 15) is 0 Å². The topological polar surface area (TPSA) is 3.24 Å². The van der Waals surface area contributed by atoms with E-state index in [1.54, 1.807) is 0 Å². The molecular formula is C26H57N2+.